The average Bonchev–Trinajstić information content (AvgIpc) is 2.67. The van der Waals surface area contributed by atoms with Gasteiger partial charge in [-0.2, -0.15) is 0 Å². The number of benzene rings is 3. The second-order valence-corrected chi connectivity index (χ2v) is 6.74. The molecule has 0 aliphatic heterocycles. The van der Waals surface area contributed by atoms with Crippen molar-refractivity contribution in [3.63, 3.8) is 0 Å². The normalized spacial score (nSPS) is 11.8. The number of nitrogens with one attached hydrogen (secondary N) is 1. The van der Waals surface area contributed by atoms with E-state index >= 15 is 0 Å². The molecule has 1 unspecified atom stereocenters. The molecule has 3 aromatic carbocycles. The lowest BCUT2D eigenvalue weighted by atomic mass is 9.86. The maximum absolute atomic E-state index is 9.59. The molecule has 0 bridgehead atoms. The summed E-state index contributed by atoms with van der Waals surface area (Å²) in [5, 5.41) is 22.8. The minimum Gasteiger partial charge on any atom is -0.508 e. The quantitative estimate of drug-likeness (QED) is 0.524. The first-order chi connectivity index (χ1) is 12.6. The highest BCUT2D eigenvalue weighted by atomic mass is 35.5. The van der Waals surface area contributed by atoms with Crippen molar-refractivity contribution >= 4 is 12.4 Å². The van der Waals surface area contributed by atoms with Crippen molar-refractivity contribution in [2.75, 3.05) is 0 Å². The molecule has 3 N–H and O–H groups in total. The van der Waals surface area contributed by atoms with Crippen molar-refractivity contribution in [2.45, 2.75) is 31.8 Å². The standard InChI is InChI=1S/C23H25NO2.ClH/c1-17(24-16-18-5-3-2-4-6-18)15-23(19-7-11-21(25)12-8-19)20-9-13-22(26)14-10-20;/h2-14,17,23-26H,15-16H2,1H3;1H. The van der Waals surface area contributed by atoms with E-state index in [-0.39, 0.29) is 29.8 Å². The van der Waals surface area contributed by atoms with E-state index in [4.69, 9.17) is 0 Å². The Morgan fingerprint density at radius 1 is 0.741 bits per heavy atom. The molecule has 0 radical (unpaired) electrons. The van der Waals surface area contributed by atoms with Gasteiger partial charge in [0.2, 0.25) is 0 Å². The van der Waals surface area contributed by atoms with Gasteiger partial charge in [0.05, 0.1) is 0 Å². The highest BCUT2D eigenvalue weighted by Crippen LogP contribution is 2.31. The minimum absolute atomic E-state index is 0. The molecule has 27 heavy (non-hydrogen) atoms. The summed E-state index contributed by atoms with van der Waals surface area (Å²) in [5.74, 6) is 0.733. The van der Waals surface area contributed by atoms with Crippen molar-refractivity contribution in [1.82, 2.24) is 5.32 Å². The zero-order chi connectivity index (χ0) is 18.4. The number of aromatic hydroxyl groups is 2. The Kier molecular flexibility index (Phi) is 7.71. The first-order valence-electron chi connectivity index (χ1n) is 8.97. The molecule has 0 aliphatic rings. The SMILES string of the molecule is CC(CC(c1ccc(O)cc1)c1ccc(O)cc1)NCc1ccccc1.Cl. The van der Waals surface area contributed by atoms with E-state index < -0.39 is 0 Å². The predicted molar refractivity (Wildman–Crippen MR) is 113 cm³/mol. The molecule has 0 amide bonds. The molecule has 0 heterocycles. The molecule has 0 saturated carbocycles. The van der Waals surface area contributed by atoms with E-state index in [9.17, 15) is 10.2 Å². The van der Waals surface area contributed by atoms with E-state index in [1.165, 1.54) is 5.56 Å². The van der Waals surface area contributed by atoms with E-state index in [0.717, 1.165) is 24.1 Å². The van der Waals surface area contributed by atoms with Crippen LogP contribution in [0.5, 0.6) is 11.5 Å². The largest absolute Gasteiger partial charge is 0.508 e. The highest BCUT2D eigenvalue weighted by Gasteiger charge is 2.18. The van der Waals surface area contributed by atoms with Crippen LogP contribution in [0.2, 0.25) is 0 Å². The summed E-state index contributed by atoms with van der Waals surface area (Å²) in [5.41, 5.74) is 3.58. The lowest BCUT2D eigenvalue weighted by molar-refractivity contribution is 0.471. The summed E-state index contributed by atoms with van der Waals surface area (Å²) in [6.07, 6.45) is 0.919. The molecule has 3 nitrogen and oxygen atoms in total. The number of phenolic OH excluding ortho intramolecular Hbond substituents is 2. The fourth-order valence-corrected chi connectivity index (χ4v) is 3.20. The lowest BCUT2D eigenvalue weighted by Crippen LogP contribution is -2.27. The summed E-state index contributed by atoms with van der Waals surface area (Å²) >= 11 is 0. The molecule has 1 atom stereocenters. The van der Waals surface area contributed by atoms with Gasteiger partial charge < -0.3 is 15.5 Å². The summed E-state index contributed by atoms with van der Waals surface area (Å²) in [6.45, 7) is 3.02. The van der Waals surface area contributed by atoms with Gasteiger partial charge in [0.15, 0.2) is 0 Å². The molecule has 0 spiro atoms. The molecular formula is C23H26ClNO2. The van der Waals surface area contributed by atoms with Crippen molar-refractivity contribution < 1.29 is 10.2 Å². The van der Waals surface area contributed by atoms with Crippen LogP contribution in [0.3, 0.4) is 0 Å². The molecule has 0 aliphatic carbocycles. The third-order valence-electron chi connectivity index (χ3n) is 4.68. The van der Waals surface area contributed by atoms with E-state index in [1.807, 2.05) is 30.3 Å². The van der Waals surface area contributed by atoms with Gasteiger partial charge in [-0.25, -0.2) is 0 Å². The number of halogens is 1. The Labute approximate surface area is 167 Å². The molecule has 142 valence electrons. The Morgan fingerprint density at radius 3 is 1.70 bits per heavy atom. The Hall–Kier alpha value is -2.49. The van der Waals surface area contributed by atoms with Crippen LogP contribution in [-0.4, -0.2) is 16.3 Å². The van der Waals surface area contributed by atoms with Gasteiger partial charge in [-0.05, 0) is 54.3 Å². The topological polar surface area (TPSA) is 52.5 Å². The van der Waals surface area contributed by atoms with Gasteiger partial charge >= 0.3 is 0 Å². The van der Waals surface area contributed by atoms with Gasteiger partial charge in [0.1, 0.15) is 11.5 Å². The van der Waals surface area contributed by atoms with Crippen molar-refractivity contribution in [2.24, 2.45) is 0 Å². The van der Waals surface area contributed by atoms with Crippen LogP contribution < -0.4 is 5.32 Å². The maximum Gasteiger partial charge on any atom is 0.115 e. The fraction of sp³-hybridized carbons (Fsp3) is 0.217. The molecule has 0 saturated heterocycles. The van der Waals surface area contributed by atoms with Crippen LogP contribution in [-0.2, 0) is 6.54 Å². The van der Waals surface area contributed by atoms with Crippen LogP contribution >= 0.6 is 12.4 Å². The van der Waals surface area contributed by atoms with Crippen LogP contribution in [0.4, 0.5) is 0 Å². The molecule has 3 rings (SSSR count). The van der Waals surface area contributed by atoms with Crippen LogP contribution in [0, 0.1) is 0 Å². The minimum atomic E-state index is 0. The average molecular weight is 384 g/mol. The van der Waals surface area contributed by atoms with Gasteiger partial charge in [0.25, 0.3) is 0 Å². The zero-order valence-corrected chi connectivity index (χ0v) is 16.2. The molecular weight excluding hydrogens is 358 g/mol. The summed E-state index contributed by atoms with van der Waals surface area (Å²) in [4.78, 5) is 0. The second kappa shape index (κ2) is 10.0. The van der Waals surface area contributed by atoms with Gasteiger partial charge in [-0.15, -0.1) is 12.4 Å². The third kappa shape index (κ3) is 6.02. The van der Waals surface area contributed by atoms with Gasteiger partial charge in [-0.1, -0.05) is 54.6 Å². The zero-order valence-electron chi connectivity index (χ0n) is 15.4. The van der Waals surface area contributed by atoms with E-state index in [0.29, 0.717) is 6.04 Å². The van der Waals surface area contributed by atoms with Gasteiger partial charge in [0, 0.05) is 18.5 Å². The Bertz CT molecular complexity index is 759. The van der Waals surface area contributed by atoms with Crippen molar-refractivity contribution in [3.8, 4) is 11.5 Å². The summed E-state index contributed by atoms with van der Waals surface area (Å²) in [7, 11) is 0. The summed E-state index contributed by atoms with van der Waals surface area (Å²) < 4.78 is 0. The monoisotopic (exact) mass is 383 g/mol. The first-order valence-corrected chi connectivity index (χ1v) is 8.97. The van der Waals surface area contributed by atoms with Crippen LogP contribution in [0.15, 0.2) is 78.9 Å². The Morgan fingerprint density at radius 2 is 1.22 bits per heavy atom. The summed E-state index contributed by atoms with van der Waals surface area (Å²) in [6, 6.07) is 25.5. The van der Waals surface area contributed by atoms with Crippen molar-refractivity contribution in [1.29, 1.82) is 0 Å². The fourth-order valence-electron chi connectivity index (χ4n) is 3.20. The molecule has 0 fully saturated rings. The first kappa shape index (κ1) is 20.8. The van der Waals surface area contributed by atoms with Gasteiger partial charge in [-0.3, -0.25) is 0 Å². The Balaban J connectivity index is 0.00000261. The lowest BCUT2D eigenvalue weighted by Gasteiger charge is -2.23. The van der Waals surface area contributed by atoms with Crippen LogP contribution in [0.25, 0.3) is 0 Å². The van der Waals surface area contributed by atoms with E-state index in [2.05, 4.69) is 36.5 Å². The maximum atomic E-state index is 9.59. The van der Waals surface area contributed by atoms with E-state index in [1.54, 1.807) is 24.3 Å². The predicted octanol–water partition coefficient (Wildman–Crippen LogP) is 5.22. The molecule has 4 heteroatoms. The third-order valence-corrected chi connectivity index (χ3v) is 4.68. The number of rotatable bonds is 7. The number of phenols is 2. The van der Waals surface area contributed by atoms with Crippen molar-refractivity contribution in [3.05, 3.63) is 95.6 Å². The molecule has 3 aromatic rings. The number of hydrogen-bond donors (Lipinski definition) is 3. The number of hydrogen-bond acceptors (Lipinski definition) is 3. The van der Waals surface area contributed by atoms with Crippen LogP contribution in [0.1, 0.15) is 36.0 Å². The molecule has 0 aromatic heterocycles. The highest BCUT2D eigenvalue weighted by molar-refractivity contribution is 5.85. The smallest absolute Gasteiger partial charge is 0.115 e. The second-order valence-electron chi connectivity index (χ2n) is 6.74.